The van der Waals surface area contributed by atoms with Gasteiger partial charge in [-0.05, 0) is 6.08 Å². The minimum atomic E-state index is -3.00. The van der Waals surface area contributed by atoms with Crippen molar-refractivity contribution in [3.05, 3.63) is 11.5 Å². The van der Waals surface area contributed by atoms with Crippen LogP contribution in [0.3, 0.4) is 0 Å². The predicted molar refractivity (Wildman–Crippen MR) is 51.6 cm³/mol. The van der Waals surface area contributed by atoms with E-state index in [9.17, 15) is 8.42 Å². The summed E-state index contributed by atoms with van der Waals surface area (Å²) in [6.45, 7) is 3.32. The molecule has 14 heavy (non-hydrogen) atoms. The van der Waals surface area contributed by atoms with Gasteiger partial charge in [0.25, 0.3) is 0 Å². The Morgan fingerprint density at radius 3 is 2.71 bits per heavy atom. The first kappa shape index (κ1) is 10.1. The zero-order valence-electron chi connectivity index (χ0n) is 8.05. The van der Waals surface area contributed by atoms with Crippen molar-refractivity contribution in [3.8, 4) is 0 Å². The third-order valence-corrected chi connectivity index (χ3v) is 3.91. The van der Waals surface area contributed by atoms with E-state index >= 15 is 0 Å². The first-order chi connectivity index (χ1) is 6.57. The Bertz CT molecular complexity index is 333. The van der Waals surface area contributed by atoms with Crippen LogP contribution in [0.25, 0.3) is 0 Å². The molecule has 0 aliphatic carbocycles. The zero-order chi connectivity index (χ0) is 10.2. The van der Waals surface area contributed by atoms with E-state index in [2.05, 4.69) is 0 Å². The first-order valence-electron chi connectivity index (χ1n) is 4.71. The molecule has 0 saturated carbocycles. The second-order valence-corrected chi connectivity index (χ2v) is 5.82. The van der Waals surface area contributed by atoms with Crippen molar-refractivity contribution in [1.82, 2.24) is 0 Å². The van der Waals surface area contributed by atoms with E-state index in [-0.39, 0.29) is 18.0 Å². The number of hydrogen-bond acceptors (Lipinski definition) is 4. The van der Waals surface area contributed by atoms with Gasteiger partial charge in [0, 0.05) is 11.3 Å². The smallest absolute Gasteiger partial charge is 0.174 e. The molecule has 2 aliphatic heterocycles. The molecule has 0 spiro atoms. The number of sulfone groups is 1. The zero-order valence-corrected chi connectivity index (χ0v) is 8.87. The molecule has 2 rings (SSSR count). The molecule has 0 aromatic rings. The summed E-state index contributed by atoms with van der Waals surface area (Å²) in [5, 5.41) is 1.23. The topological polar surface area (TPSA) is 52.6 Å². The summed E-state index contributed by atoms with van der Waals surface area (Å²) in [5.74, 6) is 0.433. The molecule has 3 atom stereocenters. The van der Waals surface area contributed by atoms with E-state index in [1.807, 2.05) is 6.92 Å². The summed E-state index contributed by atoms with van der Waals surface area (Å²) in [7, 11) is -3.00. The molecular weight excluding hydrogens is 204 g/mol. The molecule has 3 unspecified atom stereocenters. The van der Waals surface area contributed by atoms with Gasteiger partial charge in [-0.25, -0.2) is 8.42 Å². The number of rotatable bonds is 2. The molecular formula is C9H14O4S. The Hall–Kier alpha value is -0.390. The lowest BCUT2D eigenvalue weighted by atomic mass is 10.1. The Balaban J connectivity index is 1.91. The summed E-state index contributed by atoms with van der Waals surface area (Å²) in [4.78, 5) is 0. The third-order valence-electron chi connectivity index (χ3n) is 2.54. The Morgan fingerprint density at radius 2 is 2.21 bits per heavy atom. The Morgan fingerprint density at radius 1 is 1.43 bits per heavy atom. The molecule has 4 nitrogen and oxygen atoms in total. The van der Waals surface area contributed by atoms with Crippen LogP contribution < -0.4 is 0 Å². The second-order valence-electron chi connectivity index (χ2n) is 3.89. The molecule has 0 amide bonds. The average Bonchev–Trinajstić information content (AvgIpc) is 2.61. The van der Waals surface area contributed by atoms with Gasteiger partial charge < -0.3 is 9.47 Å². The standard InChI is InChI=1S/C9H14O4S/c1-7-4-12-5-9(7)13-8-2-3-14(10,11)6-8/h2-3,7-9H,4-6H2,1H3. The second kappa shape index (κ2) is 3.64. The Kier molecular flexibility index (Phi) is 2.64. The monoisotopic (exact) mass is 218 g/mol. The summed E-state index contributed by atoms with van der Waals surface area (Å²) in [6, 6.07) is 0. The van der Waals surface area contributed by atoms with E-state index in [1.54, 1.807) is 6.08 Å². The van der Waals surface area contributed by atoms with E-state index in [1.165, 1.54) is 5.41 Å². The van der Waals surface area contributed by atoms with Crippen LogP contribution in [-0.4, -0.2) is 39.6 Å². The molecule has 0 radical (unpaired) electrons. The lowest BCUT2D eigenvalue weighted by Crippen LogP contribution is -2.27. The van der Waals surface area contributed by atoms with E-state index < -0.39 is 9.84 Å². The van der Waals surface area contributed by atoms with Crippen LogP contribution in [0.5, 0.6) is 0 Å². The van der Waals surface area contributed by atoms with Crippen molar-refractivity contribution in [2.75, 3.05) is 19.0 Å². The van der Waals surface area contributed by atoms with Crippen molar-refractivity contribution in [2.24, 2.45) is 5.92 Å². The SMILES string of the molecule is CC1COCC1OC1C=CS(=O)(=O)C1. The largest absolute Gasteiger partial charge is 0.378 e. The van der Waals surface area contributed by atoms with Gasteiger partial charge in [-0.2, -0.15) is 0 Å². The van der Waals surface area contributed by atoms with Gasteiger partial charge >= 0.3 is 0 Å². The maximum Gasteiger partial charge on any atom is 0.174 e. The fourth-order valence-electron chi connectivity index (χ4n) is 1.67. The van der Waals surface area contributed by atoms with Crippen molar-refractivity contribution in [1.29, 1.82) is 0 Å². The van der Waals surface area contributed by atoms with Gasteiger partial charge in [-0.1, -0.05) is 6.92 Å². The van der Waals surface area contributed by atoms with Crippen LogP contribution in [0, 0.1) is 5.92 Å². The fraction of sp³-hybridized carbons (Fsp3) is 0.778. The van der Waals surface area contributed by atoms with E-state index in [0.717, 1.165) is 0 Å². The molecule has 0 N–H and O–H groups in total. The summed E-state index contributed by atoms with van der Waals surface area (Å²) in [6.07, 6.45) is 1.37. The molecule has 1 fully saturated rings. The van der Waals surface area contributed by atoms with Gasteiger partial charge in [0.05, 0.1) is 31.2 Å². The minimum absolute atomic E-state index is 0.0398. The molecule has 0 aromatic carbocycles. The fourth-order valence-corrected chi connectivity index (χ4v) is 2.85. The van der Waals surface area contributed by atoms with Crippen LogP contribution >= 0.6 is 0 Å². The van der Waals surface area contributed by atoms with E-state index in [0.29, 0.717) is 19.1 Å². The van der Waals surface area contributed by atoms with Crippen LogP contribution in [0.4, 0.5) is 0 Å². The highest BCUT2D eigenvalue weighted by Crippen LogP contribution is 2.21. The maximum atomic E-state index is 11.1. The highest BCUT2D eigenvalue weighted by Gasteiger charge is 2.30. The van der Waals surface area contributed by atoms with Gasteiger partial charge in [-0.3, -0.25) is 0 Å². The van der Waals surface area contributed by atoms with Crippen LogP contribution in [0.2, 0.25) is 0 Å². The average molecular weight is 218 g/mol. The third kappa shape index (κ3) is 2.16. The summed E-state index contributed by atoms with van der Waals surface area (Å²) >= 11 is 0. The lowest BCUT2D eigenvalue weighted by molar-refractivity contribution is 0.00476. The quantitative estimate of drug-likeness (QED) is 0.671. The van der Waals surface area contributed by atoms with E-state index in [4.69, 9.17) is 9.47 Å². The summed E-state index contributed by atoms with van der Waals surface area (Å²) in [5.41, 5.74) is 0. The molecule has 80 valence electrons. The van der Waals surface area contributed by atoms with Crippen molar-refractivity contribution < 1.29 is 17.9 Å². The van der Waals surface area contributed by atoms with Gasteiger partial charge in [0.2, 0.25) is 0 Å². The normalized spacial score (nSPS) is 40.5. The first-order valence-corrected chi connectivity index (χ1v) is 6.42. The Labute approximate surface area is 83.8 Å². The van der Waals surface area contributed by atoms with Crippen molar-refractivity contribution >= 4 is 9.84 Å². The minimum Gasteiger partial charge on any atom is -0.378 e. The molecule has 0 bridgehead atoms. The molecule has 1 saturated heterocycles. The predicted octanol–water partition coefficient (Wildman–Crippen LogP) is 0.349. The van der Waals surface area contributed by atoms with Crippen LogP contribution in [-0.2, 0) is 19.3 Å². The summed E-state index contributed by atoms with van der Waals surface area (Å²) < 4.78 is 33.1. The highest BCUT2D eigenvalue weighted by atomic mass is 32.2. The number of hydrogen-bond donors (Lipinski definition) is 0. The molecule has 0 aromatic heterocycles. The van der Waals surface area contributed by atoms with Crippen LogP contribution in [0.1, 0.15) is 6.92 Å². The van der Waals surface area contributed by atoms with Crippen molar-refractivity contribution in [2.45, 2.75) is 19.1 Å². The molecule has 2 heterocycles. The highest BCUT2D eigenvalue weighted by molar-refractivity contribution is 7.94. The maximum absolute atomic E-state index is 11.1. The van der Waals surface area contributed by atoms with Gasteiger partial charge in [-0.15, -0.1) is 0 Å². The number of ether oxygens (including phenoxy) is 2. The molecule has 2 aliphatic rings. The van der Waals surface area contributed by atoms with Crippen LogP contribution in [0.15, 0.2) is 11.5 Å². The van der Waals surface area contributed by atoms with Gasteiger partial charge in [0.15, 0.2) is 9.84 Å². The van der Waals surface area contributed by atoms with Crippen molar-refractivity contribution in [3.63, 3.8) is 0 Å². The van der Waals surface area contributed by atoms with Gasteiger partial charge in [0.1, 0.15) is 0 Å². The lowest BCUT2D eigenvalue weighted by Gasteiger charge is -2.17. The molecule has 5 heteroatoms.